The molecule has 0 amide bonds. The quantitative estimate of drug-likeness (QED) is 0.619. The van der Waals surface area contributed by atoms with Crippen molar-refractivity contribution in [2.75, 3.05) is 12.4 Å². The van der Waals surface area contributed by atoms with Crippen molar-refractivity contribution in [2.24, 2.45) is 0 Å². The fourth-order valence-electron chi connectivity index (χ4n) is 0.933. The Labute approximate surface area is 83.9 Å². The van der Waals surface area contributed by atoms with Crippen LogP contribution in [-0.4, -0.2) is 23.8 Å². The molecule has 2 nitrogen and oxygen atoms in total. The maximum atomic E-state index is 13.1. The molecule has 0 aliphatic carbocycles. The summed E-state index contributed by atoms with van der Waals surface area (Å²) in [6.45, 7) is -0.154. The number of aliphatic hydroxyl groups is 1. The third kappa shape index (κ3) is 2.52. The van der Waals surface area contributed by atoms with Gasteiger partial charge in [0.25, 0.3) is 0 Å². The van der Waals surface area contributed by atoms with Crippen LogP contribution in [0.5, 0.6) is 0 Å². The van der Waals surface area contributed by atoms with Gasteiger partial charge in [-0.3, -0.25) is 4.79 Å². The Morgan fingerprint density at radius 2 is 1.93 bits per heavy atom. The van der Waals surface area contributed by atoms with Crippen LogP contribution in [0.25, 0.3) is 0 Å². The molecule has 76 valence electrons. The molecule has 0 atom stereocenters. The lowest BCUT2D eigenvalue weighted by molar-refractivity contribution is 0.112. The summed E-state index contributed by atoms with van der Waals surface area (Å²) in [5.41, 5.74) is -0.0339. The average molecular weight is 218 g/mol. The first kappa shape index (κ1) is 11.1. The third-order valence-electron chi connectivity index (χ3n) is 1.49. The molecular formula is C9H8F2O2S. The molecule has 1 aromatic rings. The highest BCUT2D eigenvalue weighted by molar-refractivity contribution is 7.99. The maximum absolute atomic E-state index is 13.1. The van der Waals surface area contributed by atoms with Gasteiger partial charge in [-0.25, -0.2) is 8.78 Å². The van der Waals surface area contributed by atoms with Crippen molar-refractivity contribution >= 4 is 18.0 Å². The normalized spacial score (nSPS) is 10.2. The Balaban J connectivity index is 2.99. The van der Waals surface area contributed by atoms with Crippen LogP contribution >= 0.6 is 11.8 Å². The van der Waals surface area contributed by atoms with E-state index in [1.54, 1.807) is 0 Å². The Bertz CT molecular complexity index is 319. The first-order chi connectivity index (χ1) is 6.69. The van der Waals surface area contributed by atoms with E-state index in [0.717, 1.165) is 23.9 Å². The van der Waals surface area contributed by atoms with Crippen molar-refractivity contribution in [2.45, 2.75) is 4.90 Å². The number of thioether (sulfide) groups is 1. The Hall–Kier alpha value is -0.940. The van der Waals surface area contributed by atoms with Crippen LogP contribution in [0, 0.1) is 11.6 Å². The van der Waals surface area contributed by atoms with E-state index in [4.69, 9.17) is 5.11 Å². The van der Waals surface area contributed by atoms with E-state index in [1.165, 1.54) is 0 Å². The van der Waals surface area contributed by atoms with Gasteiger partial charge >= 0.3 is 0 Å². The second kappa shape index (κ2) is 5.07. The molecule has 5 heteroatoms. The summed E-state index contributed by atoms with van der Waals surface area (Å²) in [4.78, 5) is 10.1. The molecule has 0 unspecified atom stereocenters. The largest absolute Gasteiger partial charge is 0.396 e. The van der Waals surface area contributed by atoms with Gasteiger partial charge in [0.05, 0.1) is 11.5 Å². The number of halogens is 2. The Kier molecular flexibility index (Phi) is 4.03. The standard InChI is InChI=1S/C9H8F2O2S/c10-7-3-6(5-13)4-8(11)9(7)14-2-1-12/h3-5,12H,1-2H2. The van der Waals surface area contributed by atoms with Crippen LogP contribution in [0.2, 0.25) is 0 Å². The van der Waals surface area contributed by atoms with Gasteiger partial charge in [0.15, 0.2) is 0 Å². The number of carbonyl (C=O) groups excluding carboxylic acids is 1. The molecule has 1 aromatic carbocycles. The lowest BCUT2D eigenvalue weighted by Gasteiger charge is -2.03. The zero-order valence-corrected chi connectivity index (χ0v) is 7.98. The second-order valence-electron chi connectivity index (χ2n) is 2.50. The average Bonchev–Trinajstić information content (AvgIpc) is 2.16. The molecule has 0 aliphatic heterocycles. The van der Waals surface area contributed by atoms with Gasteiger partial charge in [-0.1, -0.05) is 0 Å². The zero-order valence-electron chi connectivity index (χ0n) is 7.17. The number of hydrogen-bond acceptors (Lipinski definition) is 3. The maximum Gasteiger partial charge on any atom is 0.150 e. The summed E-state index contributed by atoms with van der Waals surface area (Å²) in [7, 11) is 0. The predicted octanol–water partition coefficient (Wildman–Crippen LogP) is 1.86. The van der Waals surface area contributed by atoms with E-state index in [9.17, 15) is 13.6 Å². The minimum Gasteiger partial charge on any atom is -0.396 e. The summed E-state index contributed by atoms with van der Waals surface area (Å²) in [5.74, 6) is -1.33. The van der Waals surface area contributed by atoms with Crippen LogP contribution in [-0.2, 0) is 0 Å². The molecule has 0 spiro atoms. The molecule has 1 N–H and O–H groups in total. The van der Waals surface area contributed by atoms with E-state index >= 15 is 0 Å². The van der Waals surface area contributed by atoms with Gasteiger partial charge in [-0.05, 0) is 12.1 Å². The molecule has 0 fully saturated rings. The minimum atomic E-state index is -0.773. The molecule has 0 bridgehead atoms. The molecule has 0 aromatic heterocycles. The number of aliphatic hydroxyl groups excluding tert-OH is 1. The lowest BCUT2D eigenvalue weighted by Crippen LogP contribution is -1.94. The fraction of sp³-hybridized carbons (Fsp3) is 0.222. The number of carbonyl (C=O) groups is 1. The van der Waals surface area contributed by atoms with E-state index in [2.05, 4.69) is 0 Å². The van der Waals surface area contributed by atoms with Crippen molar-refractivity contribution in [3.05, 3.63) is 29.3 Å². The highest BCUT2D eigenvalue weighted by atomic mass is 32.2. The van der Waals surface area contributed by atoms with Crippen molar-refractivity contribution in [1.82, 2.24) is 0 Å². The fourth-order valence-corrected chi connectivity index (χ4v) is 1.62. The van der Waals surface area contributed by atoms with Crippen molar-refractivity contribution < 1.29 is 18.7 Å². The van der Waals surface area contributed by atoms with Crippen LogP contribution in [0.4, 0.5) is 8.78 Å². The molecule has 0 aliphatic rings. The van der Waals surface area contributed by atoms with Gasteiger partial charge in [0.1, 0.15) is 17.9 Å². The monoisotopic (exact) mass is 218 g/mol. The molecule has 0 saturated heterocycles. The zero-order chi connectivity index (χ0) is 10.6. The first-order valence-corrected chi connectivity index (χ1v) is 4.85. The van der Waals surface area contributed by atoms with Crippen LogP contribution in [0.1, 0.15) is 10.4 Å². The summed E-state index contributed by atoms with van der Waals surface area (Å²) in [6, 6.07) is 1.94. The van der Waals surface area contributed by atoms with Gasteiger partial charge in [0.2, 0.25) is 0 Å². The summed E-state index contributed by atoms with van der Waals surface area (Å²) >= 11 is 0.877. The van der Waals surface area contributed by atoms with Crippen molar-refractivity contribution in [1.29, 1.82) is 0 Å². The van der Waals surface area contributed by atoms with E-state index in [1.807, 2.05) is 0 Å². The molecule has 0 saturated carbocycles. The molecule has 0 radical (unpaired) electrons. The summed E-state index contributed by atoms with van der Waals surface area (Å²) in [6.07, 6.45) is 0.382. The minimum absolute atomic E-state index is 0.0339. The molecular weight excluding hydrogens is 210 g/mol. The molecule has 1 rings (SSSR count). The Morgan fingerprint density at radius 1 is 1.36 bits per heavy atom. The number of hydrogen-bond donors (Lipinski definition) is 1. The lowest BCUT2D eigenvalue weighted by atomic mass is 10.2. The highest BCUT2D eigenvalue weighted by Gasteiger charge is 2.10. The number of rotatable bonds is 4. The van der Waals surface area contributed by atoms with Gasteiger partial charge in [-0.2, -0.15) is 0 Å². The SMILES string of the molecule is O=Cc1cc(F)c(SCCO)c(F)c1. The number of aldehydes is 1. The molecule has 0 heterocycles. The van der Waals surface area contributed by atoms with Gasteiger partial charge in [0, 0.05) is 11.3 Å². The van der Waals surface area contributed by atoms with Gasteiger partial charge in [-0.15, -0.1) is 11.8 Å². The third-order valence-corrected chi connectivity index (χ3v) is 2.56. The van der Waals surface area contributed by atoms with Crippen molar-refractivity contribution in [3.63, 3.8) is 0 Å². The first-order valence-electron chi connectivity index (χ1n) is 3.87. The predicted molar refractivity (Wildman–Crippen MR) is 49.6 cm³/mol. The highest BCUT2D eigenvalue weighted by Crippen LogP contribution is 2.25. The number of benzene rings is 1. The topological polar surface area (TPSA) is 37.3 Å². The van der Waals surface area contributed by atoms with E-state index in [-0.39, 0.29) is 22.8 Å². The van der Waals surface area contributed by atoms with Crippen LogP contribution in [0.3, 0.4) is 0 Å². The van der Waals surface area contributed by atoms with Crippen molar-refractivity contribution in [3.8, 4) is 0 Å². The van der Waals surface area contributed by atoms with Crippen LogP contribution in [0.15, 0.2) is 17.0 Å². The molecule has 14 heavy (non-hydrogen) atoms. The summed E-state index contributed by atoms with van der Waals surface area (Å²) in [5, 5.41) is 8.49. The van der Waals surface area contributed by atoms with E-state index < -0.39 is 11.6 Å². The van der Waals surface area contributed by atoms with Gasteiger partial charge < -0.3 is 5.11 Å². The van der Waals surface area contributed by atoms with Crippen LogP contribution < -0.4 is 0 Å². The Morgan fingerprint density at radius 3 is 2.36 bits per heavy atom. The smallest absolute Gasteiger partial charge is 0.150 e. The summed E-state index contributed by atoms with van der Waals surface area (Å²) < 4.78 is 26.2. The van der Waals surface area contributed by atoms with E-state index in [0.29, 0.717) is 6.29 Å². The second-order valence-corrected chi connectivity index (χ2v) is 3.61.